The number of carbonyl (C=O) groups excluding carboxylic acids is 2. The molecule has 2 fully saturated rings. The van der Waals surface area contributed by atoms with E-state index >= 15 is 0 Å². The van der Waals surface area contributed by atoms with Gasteiger partial charge < -0.3 is 19.7 Å². The van der Waals surface area contributed by atoms with Crippen LogP contribution < -0.4 is 0 Å². The maximum absolute atomic E-state index is 12.4. The van der Waals surface area contributed by atoms with Crippen molar-refractivity contribution in [1.29, 1.82) is 0 Å². The van der Waals surface area contributed by atoms with Crippen LogP contribution in [0.5, 0.6) is 0 Å². The Labute approximate surface area is 162 Å². The van der Waals surface area contributed by atoms with Crippen LogP contribution in [-0.2, 0) is 19.1 Å². The lowest BCUT2D eigenvalue weighted by Gasteiger charge is -2.36. The molecule has 2 rings (SSSR count). The number of carbonyl (C=O) groups is 2. The molecule has 0 saturated carbocycles. The summed E-state index contributed by atoms with van der Waals surface area (Å²) in [4.78, 5) is 24.8. The van der Waals surface area contributed by atoms with E-state index < -0.39 is 6.10 Å². The van der Waals surface area contributed by atoms with Crippen molar-refractivity contribution in [2.45, 2.75) is 76.9 Å². The highest BCUT2D eigenvalue weighted by Gasteiger charge is 2.39. The first-order valence-electron chi connectivity index (χ1n) is 10.6. The van der Waals surface area contributed by atoms with Gasteiger partial charge in [0, 0.05) is 25.0 Å². The van der Waals surface area contributed by atoms with E-state index in [0.717, 1.165) is 19.3 Å². The van der Waals surface area contributed by atoms with Crippen molar-refractivity contribution < 1.29 is 29.3 Å². The first kappa shape index (κ1) is 22.5. The number of rotatable bonds is 11. The number of hydrogen-bond acceptors (Lipinski definition) is 6. The summed E-state index contributed by atoms with van der Waals surface area (Å²) in [6.07, 6.45) is 5.76. The van der Waals surface area contributed by atoms with Crippen molar-refractivity contribution in [2.24, 2.45) is 17.8 Å². The van der Waals surface area contributed by atoms with Crippen LogP contribution in [0.25, 0.3) is 0 Å². The molecule has 4 atom stereocenters. The third-order valence-electron chi connectivity index (χ3n) is 6.03. The highest BCUT2D eigenvalue weighted by Crippen LogP contribution is 2.35. The molecule has 156 valence electrons. The predicted octanol–water partition coefficient (Wildman–Crippen LogP) is 2.29. The number of hydrogen-bond donors (Lipinski definition) is 2. The first-order valence-corrected chi connectivity index (χ1v) is 10.6. The van der Waals surface area contributed by atoms with E-state index in [1.54, 1.807) is 0 Å². The first-order chi connectivity index (χ1) is 13.0. The lowest BCUT2D eigenvalue weighted by atomic mass is 9.71. The molecule has 2 N–H and O–H groups in total. The van der Waals surface area contributed by atoms with E-state index in [-0.39, 0.29) is 48.6 Å². The van der Waals surface area contributed by atoms with E-state index in [2.05, 4.69) is 0 Å². The molecular formula is C21H36O6. The predicted molar refractivity (Wildman–Crippen MR) is 101 cm³/mol. The smallest absolute Gasteiger partial charge is 0.161 e. The minimum absolute atomic E-state index is 0.0295. The molecule has 2 aliphatic rings. The van der Waals surface area contributed by atoms with Gasteiger partial charge in [0.25, 0.3) is 0 Å². The molecule has 2 heterocycles. The summed E-state index contributed by atoms with van der Waals surface area (Å²) in [6, 6.07) is 0. The zero-order valence-electron chi connectivity index (χ0n) is 16.6. The fraction of sp³-hybridized carbons (Fsp3) is 0.905. The standard InChI is InChI=1S/C21H36O6/c1-2-4-15(22)5-3-6-16(23)7-8-17(18-9-11-26-13-20(18)24)19-10-12-27-14-21(19)25/h15-19,22-23H,2-14H2,1H3. The summed E-state index contributed by atoms with van der Waals surface area (Å²) in [5, 5.41) is 20.2. The fourth-order valence-corrected chi connectivity index (χ4v) is 4.49. The van der Waals surface area contributed by atoms with Crippen LogP contribution >= 0.6 is 0 Å². The molecule has 0 amide bonds. The van der Waals surface area contributed by atoms with Gasteiger partial charge in [-0.1, -0.05) is 13.3 Å². The lowest BCUT2D eigenvalue weighted by Crippen LogP contribution is -2.42. The van der Waals surface area contributed by atoms with Gasteiger partial charge in [-0.25, -0.2) is 0 Å². The van der Waals surface area contributed by atoms with Crippen LogP contribution in [0.15, 0.2) is 0 Å². The summed E-state index contributed by atoms with van der Waals surface area (Å²) >= 11 is 0. The molecule has 6 nitrogen and oxygen atoms in total. The summed E-state index contributed by atoms with van der Waals surface area (Å²) in [6.45, 7) is 3.44. The fourth-order valence-electron chi connectivity index (χ4n) is 4.49. The SMILES string of the molecule is CCCC(O)CCCC(O)CCC(C1CCOCC1=O)C1CCOCC1=O. The average molecular weight is 385 g/mol. The van der Waals surface area contributed by atoms with Crippen LogP contribution in [0.3, 0.4) is 0 Å². The van der Waals surface area contributed by atoms with Gasteiger partial charge in [0.2, 0.25) is 0 Å². The Balaban J connectivity index is 1.87. The van der Waals surface area contributed by atoms with Crippen molar-refractivity contribution in [1.82, 2.24) is 0 Å². The Hall–Kier alpha value is -0.820. The van der Waals surface area contributed by atoms with Crippen LogP contribution in [0.4, 0.5) is 0 Å². The number of Topliss-reactive ketones (excluding diaryl/α,β-unsaturated/α-hetero) is 2. The van der Waals surface area contributed by atoms with Gasteiger partial charge in [-0.15, -0.1) is 0 Å². The van der Waals surface area contributed by atoms with Crippen LogP contribution in [0.2, 0.25) is 0 Å². The highest BCUT2D eigenvalue weighted by atomic mass is 16.5. The molecule has 0 aromatic carbocycles. The number of ether oxygens (including phenoxy) is 2. The van der Waals surface area contributed by atoms with Gasteiger partial charge in [-0.3, -0.25) is 9.59 Å². The van der Waals surface area contributed by atoms with E-state index in [4.69, 9.17) is 9.47 Å². The zero-order valence-corrected chi connectivity index (χ0v) is 16.6. The van der Waals surface area contributed by atoms with Crippen molar-refractivity contribution >= 4 is 11.6 Å². The number of ketones is 2. The Morgan fingerprint density at radius 2 is 1.37 bits per heavy atom. The van der Waals surface area contributed by atoms with E-state index in [9.17, 15) is 19.8 Å². The molecule has 2 saturated heterocycles. The van der Waals surface area contributed by atoms with Crippen molar-refractivity contribution in [3.8, 4) is 0 Å². The second-order valence-electron chi connectivity index (χ2n) is 8.10. The third-order valence-corrected chi connectivity index (χ3v) is 6.03. The van der Waals surface area contributed by atoms with Crippen molar-refractivity contribution in [3.05, 3.63) is 0 Å². The van der Waals surface area contributed by atoms with Gasteiger partial charge in [0.05, 0.1) is 12.2 Å². The third kappa shape index (κ3) is 7.26. The second kappa shape index (κ2) is 11.9. The number of aliphatic hydroxyl groups is 2. The average Bonchev–Trinajstić information content (AvgIpc) is 2.64. The normalized spacial score (nSPS) is 27.4. The molecular weight excluding hydrogens is 348 g/mol. The van der Waals surface area contributed by atoms with Gasteiger partial charge in [0.15, 0.2) is 11.6 Å². The van der Waals surface area contributed by atoms with Crippen LogP contribution in [0.1, 0.15) is 64.7 Å². The van der Waals surface area contributed by atoms with Gasteiger partial charge in [0.1, 0.15) is 13.2 Å². The summed E-state index contributed by atoms with van der Waals surface area (Å²) in [5.41, 5.74) is 0. The van der Waals surface area contributed by atoms with E-state index in [1.807, 2.05) is 6.92 Å². The summed E-state index contributed by atoms with van der Waals surface area (Å²) in [5.74, 6) is -0.155. The molecule has 0 radical (unpaired) electrons. The van der Waals surface area contributed by atoms with E-state index in [1.165, 1.54) is 0 Å². The molecule has 4 unspecified atom stereocenters. The largest absolute Gasteiger partial charge is 0.393 e. The molecule has 0 spiro atoms. The highest BCUT2D eigenvalue weighted by molar-refractivity contribution is 5.86. The minimum Gasteiger partial charge on any atom is -0.393 e. The van der Waals surface area contributed by atoms with Crippen molar-refractivity contribution in [3.63, 3.8) is 0 Å². The topological polar surface area (TPSA) is 93.1 Å². The van der Waals surface area contributed by atoms with Gasteiger partial charge in [-0.2, -0.15) is 0 Å². The van der Waals surface area contributed by atoms with Gasteiger partial charge >= 0.3 is 0 Å². The Morgan fingerprint density at radius 1 is 0.852 bits per heavy atom. The summed E-state index contributed by atoms with van der Waals surface area (Å²) in [7, 11) is 0. The Kier molecular flexibility index (Phi) is 9.90. The lowest BCUT2D eigenvalue weighted by molar-refractivity contribution is -0.142. The maximum atomic E-state index is 12.4. The second-order valence-corrected chi connectivity index (χ2v) is 8.10. The summed E-state index contributed by atoms with van der Waals surface area (Å²) < 4.78 is 10.5. The molecule has 27 heavy (non-hydrogen) atoms. The molecule has 0 aromatic rings. The maximum Gasteiger partial charge on any atom is 0.161 e. The molecule has 0 aliphatic carbocycles. The number of aliphatic hydroxyl groups excluding tert-OH is 2. The van der Waals surface area contributed by atoms with Crippen LogP contribution in [0, 0.1) is 17.8 Å². The Morgan fingerprint density at radius 3 is 1.85 bits per heavy atom. The molecule has 0 bridgehead atoms. The van der Waals surface area contributed by atoms with Crippen LogP contribution in [-0.4, -0.2) is 60.4 Å². The Bertz CT molecular complexity index is 438. The molecule has 6 heteroatoms. The zero-order chi connectivity index (χ0) is 19.6. The quantitative estimate of drug-likeness (QED) is 0.568. The molecule has 0 aromatic heterocycles. The van der Waals surface area contributed by atoms with Crippen molar-refractivity contribution in [2.75, 3.05) is 26.4 Å². The monoisotopic (exact) mass is 384 g/mol. The molecule has 2 aliphatic heterocycles. The van der Waals surface area contributed by atoms with E-state index in [0.29, 0.717) is 51.7 Å². The van der Waals surface area contributed by atoms with Gasteiger partial charge in [-0.05, 0) is 57.3 Å². The minimum atomic E-state index is -0.453.